The third kappa shape index (κ3) is 4.64. The van der Waals surface area contributed by atoms with Gasteiger partial charge in [0.05, 0.1) is 0 Å². The summed E-state index contributed by atoms with van der Waals surface area (Å²) in [5, 5.41) is 11.7. The molecule has 2 atom stereocenters. The van der Waals surface area contributed by atoms with Crippen LogP contribution in [0.5, 0.6) is 0 Å². The van der Waals surface area contributed by atoms with E-state index in [1.165, 1.54) is 4.90 Å². The number of hydrogen-bond donors (Lipinski definition) is 2. The molecular weight excluding hydrogens is 256 g/mol. The Hall–Kier alpha value is -1.11. The molecule has 2 unspecified atom stereocenters. The van der Waals surface area contributed by atoms with Crippen molar-refractivity contribution in [3.63, 3.8) is 0 Å². The summed E-state index contributed by atoms with van der Waals surface area (Å²) in [5.74, 6) is -0.401. The van der Waals surface area contributed by atoms with Crippen LogP contribution in [0.2, 0.25) is 0 Å². The van der Waals surface area contributed by atoms with Gasteiger partial charge in [-0.15, -0.1) is 0 Å². The van der Waals surface area contributed by atoms with Gasteiger partial charge in [-0.25, -0.2) is 9.59 Å². The lowest BCUT2D eigenvalue weighted by Crippen LogP contribution is -2.52. The van der Waals surface area contributed by atoms with E-state index in [-0.39, 0.29) is 6.03 Å². The van der Waals surface area contributed by atoms with E-state index in [0.29, 0.717) is 31.7 Å². The fourth-order valence-corrected chi connectivity index (χ4v) is 2.55. The normalized spacial score (nSPS) is 21.4. The van der Waals surface area contributed by atoms with Crippen molar-refractivity contribution in [2.24, 2.45) is 0 Å². The molecular formula is C11H20N2O4S. The average Bonchev–Trinajstić information content (AvgIpc) is 2.34. The van der Waals surface area contributed by atoms with Crippen LogP contribution < -0.4 is 5.32 Å². The summed E-state index contributed by atoms with van der Waals surface area (Å²) >= 11 is 0. The fourth-order valence-electron chi connectivity index (χ4n) is 2.00. The van der Waals surface area contributed by atoms with E-state index in [4.69, 9.17) is 5.11 Å². The number of carbonyl (C=O) groups excluding carboxylic acids is 1. The molecule has 2 N–H and O–H groups in total. The SMILES string of the molecule is CS(=O)CCCNC(=O)N1CCCCC1C(=O)O. The van der Waals surface area contributed by atoms with Crippen molar-refractivity contribution in [3.05, 3.63) is 0 Å². The number of likely N-dealkylation sites (tertiary alicyclic amines) is 1. The van der Waals surface area contributed by atoms with Crippen LogP contribution in [0.15, 0.2) is 0 Å². The first kappa shape index (κ1) is 14.9. The van der Waals surface area contributed by atoms with E-state index in [2.05, 4.69) is 5.32 Å². The van der Waals surface area contributed by atoms with Gasteiger partial charge in [0.25, 0.3) is 0 Å². The molecule has 0 aliphatic carbocycles. The number of nitrogens with zero attached hydrogens (tertiary/aromatic N) is 1. The molecule has 1 aliphatic rings. The maximum atomic E-state index is 11.8. The summed E-state index contributed by atoms with van der Waals surface area (Å²) in [5.41, 5.74) is 0. The van der Waals surface area contributed by atoms with Gasteiger partial charge in [0.2, 0.25) is 0 Å². The van der Waals surface area contributed by atoms with Crippen LogP contribution in [-0.2, 0) is 15.6 Å². The first-order chi connectivity index (χ1) is 8.52. The van der Waals surface area contributed by atoms with Gasteiger partial charge < -0.3 is 15.3 Å². The molecule has 1 aliphatic heterocycles. The maximum Gasteiger partial charge on any atom is 0.326 e. The minimum Gasteiger partial charge on any atom is -0.480 e. The largest absolute Gasteiger partial charge is 0.480 e. The Kier molecular flexibility index (Phi) is 6.11. The van der Waals surface area contributed by atoms with E-state index in [1.54, 1.807) is 6.26 Å². The molecule has 1 rings (SSSR count). The van der Waals surface area contributed by atoms with E-state index in [1.807, 2.05) is 0 Å². The van der Waals surface area contributed by atoms with Crippen molar-refractivity contribution in [3.8, 4) is 0 Å². The highest BCUT2D eigenvalue weighted by Gasteiger charge is 2.31. The van der Waals surface area contributed by atoms with Crippen LogP contribution in [0.1, 0.15) is 25.7 Å². The van der Waals surface area contributed by atoms with Crippen LogP contribution >= 0.6 is 0 Å². The highest BCUT2D eigenvalue weighted by atomic mass is 32.2. The number of amides is 2. The zero-order valence-corrected chi connectivity index (χ0v) is 11.4. The summed E-state index contributed by atoms with van der Waals surface area (Å²) < 4.78 is 10.8. The van der Waals surface area contributed by atoms with Gasteiger partial charge in [0.15, 0.2) is 0 Å². The minimum atomic E-state index is -0.945. The molecule has 0 bridgehead atoms. The number of piperidine rings is 1. The Morgan fingerprint density at radius 2 is 2.17 bits per heavy atom. The second-order valence-electron chi connectivity index (χ2n) is 4.41. The van der Waals surface area contributed by atoms with Gasteiger partial charge in [-0.05, 0) is 25.7 Å². The smallest absolute Gasteiger partial charge is 0.326 e. The maximum absolute atomic E-state index is 11.8. The van der Waals surface area contributed by atoms with Crippen molar-refractivity contribution >= 4 is 22.8 Å². The molecule has 0 aromatic carbocycles. The monoisotopic (exact) mass is 276 g/mol. The van der Waals surface area contributed by atoms with Gasteiger partial charge in [-0.2, -0.15) is 0 Å². The van der Waals surface area contributed by atoms with E-state index in [0.717, 1.165) is 12.8 Å². The first-order valence-corrected chi connectivity index (χ1v) is 7.82. The molecule has 0 spiro atoms. The highest BCUT2D eigenvalue weighted by molar-refractivity contribution is 7.84. The highest BCUT2D eigenvalue weighted by Crippen LogP contribution is 2.17. The summed E-state index contributed by atoms with van der Waals surface area (Å²) in [4.78, 5) is 24.2. The molecule has 0 saturated carbocycles. The summed E-state index contributed by atoms with van der Waals surface area (Å²) in [6.07, 6.45) is 4.46. The van der Waals surface area contributed by atoms with Crippen LogP contribution in [0.3, 0.4) is 0 Å². The Bertz CT molecular complexity index is 335. The lowest BCUT2D eigenvalue weighted by Gasteiger charge is -2.32. The molecule has 2 amide bonds. The number of carboxylic acid groups (broad SMARTS) is 1. The van der Waals surface area contributed by atoms with Gasteiger partial charge in [0.1, 0.15) is 6.04 Å². The second kappa shape index (κ2) is 7.35. The number of carbonyl (C=O) groups is 2. The molecule has 1 fully saturated rings. The quantitative estimate of drug-likeness (QED) is 0.712. The molecule has 0 aromatic rings. The Morgan fingerprint density at radius 1 is 1.44 bits per heavy atom. The number of nitrogens with one attached hydrogen (secondary N) is 1. The average molecular weight is 276 g/mol. The molecule has 104 valence electrons. The topological polar surface area (TPSA) is 86.7 Å². The van der Waals surface area contributed by atoms with Gasteiger partial charge in [-0.3, -0.25) is 4.21 Å². The molecule has 1 heterocycles. The van der Waals surface area contributed by atoms with Crippen LogP contribution in [0, 0.1) is 0 Å². The fraction of sp³-hybridized carbons (Fsp3) is 0.818. The minimum absolute atomic E-state index is 0.330. The number of hydrogen-bond acceptors (Lipinski definition) is 3. The summed E-state index contributed by atoms with van der Waals surface area (Å²) in [7, 11) is -0.858. The third-order valence-corrected chi connectivity index (χ3v) is 3.80. The zero-order chi connectivity index (χ0) is 13.5. The van der Waals surface area contributed by atoms with Crippen molar-refractivity contribution < 1.29 is 18.9 Å². The van der Waals surface area contributed by atoms with Crippen molar-refractivity contribution in [2.75, 3.05) is 25.1 Å². The first-order valence-electron chi connectivity index (χ1n) is 6.09. The molecule has 7 heteroatoms. The Balaban J connectivity index is 2.38. The third-order valence-electron chi connectivity index (χ3n) is 2.93. The van der Waals surface area contributed by atoms with Crippen molar-refractivity contribution in [2.45, 2.75) is 31.7 Å². The second-order valence-corrected chi connectivity index (χ2v) is 5.96. The molecule has 18 heavy (non-hydrogen) atoms. The molecule has 1 saturated heterocycles. The summed E-state index contributed by atoms with van der Waals surface area (Å²) in [6.45, 7) is 0.920. The van der Waals surface area contributed by atoms with Gasteiger partial charge in [-0.1, -0.05) is 0 Å². The lowest BCUT2D eigenvalue weighted by atomic mass is 10.0. The zero-order valence-electron chi connectivity index (χ0n) is 10.6. The Labute approximate surface area is 109 Å². The van der Waals surface area contributed by atoms with E-state index in [9.17, 15) is 13.8 Å². The molecule has 0 aromatic heterocycles. The molecule has 6 nitrogen and oxygen atoms in total. The number of carboxylic acids is 1. The summed E-state index contributed by atoms with van der Waals surface area (Å²) in [6, 6.07) is -1.04. The van der Waals surface area contributed by atoms with Crippen LogP contribution in [0.4, 0.5) is 4.79 Å². The van der Waals surface area contributed by atoms with E-state index >= 15 is 0 Å². The number of urea groups is 1. The van der Waals surface area contributed by atoms with Gasteiger partial charge in [0, 0.05) is 35.9 Å². The van der Waals surface area contributed by atoms with Crippen molar-refractivity contribution in [1.82, 2.24) is 10.2 Å². The van der Waals surface area contributed by atoms with E-state index < -0.39 is 22.8 Å². The number of aliphatic carboxylic acids is 1. The predicted octanol–water partition coefficient (Wildman–Crippen LogP) is 0.404. The van der Waals surface area contributed by atoms with Crippen LogP contribution in [-0.4, -0.2) is 57.4 Å². The number of rotatable bonds is 5. The molecule has 0 radical (unpaired) electrons. The Morgan fingerprint density at radius 3 is 2.78 bits per heavy atom. The predicted molar refractivity (Wildman–Crippen MR) is 68.9 cm³/mol. The standard InChI is InChI=1S/C11H20N2O4S/c1-18(17)8-4-6-12-11(16)13-7-3-2-5-9(13)10(14)15/h9H,2-8H2,1H3,(H,12,16)(H,14,15). The lowest BCUT2D eigenvalue weighted by molar-refractivity contribution is -0.143. The van der Waals surface area contributed by atoms with Gasteiger partial charge >= 0.3 is 12.0 Å². The van der Waals surface area contributed by atoms with Crippen LogP contribution in [0.25, 0.3) is 0 Å². The van der Waals surface area contributed by atoms with Crippen molar-refractivity contribution in [1.29, 1.82) is 0 Å².